The fraction of sp³-hybridized carbons (Fsp3) is 0.600. The summed E-state index contributed by atoms with van der Waals surface area (Å²) in [5.74, 6) is 0. The highest BCUT2D eigenvalue weighted by Crippen LogP contribution is 2.19. The van der Waals surface area contributed by atoms with Crippen LogP contribution < -0.4 is 15.9 Å². The largest absolute Gasteiger partial charge is 0.548 e. The number of nitrogens with one attached hydrogen (secondary N) is 2. The van der Waals surface area contributed by atoms with E-state index in [9.17, 15) is 14.2 Å². The summed E-state index contributed by atoms with van der Waals surface area (Å²) in [5.41, 5.74) is -0.368. The molecule has 0 spiro atoms. The molecule has 0 fully saturated rings. The van der Waals surface area contributed by atoms with Crippen LogP contribution >= 0.6 is 8.03 Å². The molecule has 0 radical (unpaired) electrons. The van der Waals surface area contributed by atoms with Crippen molar-refractivity contribution < 1.29 is 28.2 Å². The minimum atomic E-state index is -1.88. The van der Waals surface area contributed by atoms with Gasteiger partial charge in [-0.25, -0.2) is 9.59 Å². The molecule has 1 aromatic carbocycles. The molecule has 2 amide bonds. The van der Waals surface area contributed by atoms with Gasteiger partial charge in [0, 0.05) is 6.54 Å². The van der Waals surface area contributed by atoms with Gasteiger partial charge >= 0.3 is 20.2 Å². The first-order chi connectivity index (χ1) is 13.3. The maximum absolute atomic E-state index is 12.2. The first-order valence-corrected chi connectivity index (χ1v) is 10.5. The monoisotopic (exact) mass is 427 g/mol. The highest BCUT2D eigenvalue weighted by atomic mass is 31.1. The number of carbonyl (C=O) groups excluding carboxylic acids is 2. The molecule has 0 saturated carbocycles. The molecule has 0 aliphatic carbocycles. The van der Waals surface area contributed by atoms with E-state index >= 15 is 0 Å². The van der Waals surface area contributed by atoms with Crippen molar-refractivity contribution in [2.75, 3.05) is 13.7 Å². The molecule has 2 unspecified atom stereocenters. The second kappa shape index (κ2) is 10.6. The number of hydrogen-bond acceptors (Lipinski definition) is 6. The van der Waals surface area contributed by atoms with Crippen LogP contribution in [0.4, 0.5) is 9.59 Å². The maximum atomic E-state index is 12.2. The number of benzene rings is 1. The van der Waals surface area contributed by atoms with E-state index in [4.69, 9.17) is 14.0 Å². The topological polar surface area (TPSA) is 103 Å². The van der Waals surface area contributed by atoms with E-state index in [2.05, 4.69) is 10.6 Å². The average molecular weight is 427 g/mol. The normalized spacial score (nSPS) is 13.3. The second-order valence-corrected chi connectivity index (χ2v) is 9.93. The van der Waals surface area contributed by atoms with Crippen molar-refractivity contribution >= 4 is 25.5 Å². The summed E-state index contributed by atoms with van der Waals surface area (Å²) >= 11 is 0. The molecule has 9 heteroatoms. The van der Waals surface area contributed by atoms with Crippen LogP contribution in [0.25, 0.3) is 0 Å². The van der Waals surface area contributed by atoms with Gasteiger partial charge in [0.1, 0.15) is 11.2 Å². The van der Waals surface area contributed by atoms with Crippen LogP contribution in [0.3, 0.4) is 0 Å². The fourth-order valence-electron chi connectivity index (χ4n) is 2.31. The Morgan fingerprint density at radius 2 is 1.48 bits per heavy atom. The third-order valence-electron chi connectivity index (χ3n) is 3.41. The molecule has 2 atom stereocenters. The molecule has 8 nitrogen and oxygen atoms in total. The zero-order valence-corrected chi connectivity index (χ0v) is 19.1. The van der Waals surface area contributed by atoms with Crippen molar-refractivity contribution in [3.05, 3.63) is 29.8 Å². The first kappa shape index (κ1) is 24.9. The standard InChI is InChI=1S/C20H31N2O6P/c1-19(2,3)27-17(23)21-13-15(22-18(24)28-20(4,5)6)12-14-8-10-16(11-9-14)29(25)26-7/h8-11,15H,12-13H2,1-7H3,(H-,21,22,23,24)/p+1. The Kier molecular flexibility index (Phi) is 9.05. The number of amides is 2. The number of carbonyl (C=O) groups is 2. The summed E-state index contributed by atoms with van der Waals surface area (Å²) in [6, 6.07) is 6.60. The van der Waals surface area contributed by atoms with Gasteiger partial charge in [-0.2, -0.15) is 0 Å². The Balaban J connectivity index is 2.82. The molecule has 29 heavy (non-hydrogen) atoms. The van der Waals surface area contributed by atoms with E-state index in [1.807, 2.05) is 0 Å². The summed E-state index contributed by atoms with van der Waals surface area (Å²) in [6.07, 6.45) is -0.715. The summed E-state index contributed by atoms with van der Waals surface area (Å²) < 4.78 is 27.1. The summed E-state index contributed by atoms with van der Waals surface area (Å²) in [6.45, 7) is 10.8. The molecule has 0 aliphatic rings. The van der Waals surface area contributed by atoms with Crippen LogP contribution in [0.1, 0.15) is 47.1 Å². The second-order valence-electron chi connectivity index (χ2n) is 8.54. The van der Waals surface area contributed by atoms with E-state index in [0.717, 1.165) is 5.56 Å². The fourth-order valence-corrected chi connectivity index (χ4v) is 2.92. The smallest absolute Gasteiger partial charge is 0.444 e. The zero-order valence-electron chi connectivity index (χ0n) is 18.2. The highest BCUT2D eigenvalue weighted by molar-refractivity contribution is 7.48. The zero-order chi connectivity index (χ0) is 22.2. The molecule has 0 aliphatic heterocycles. The first-order valence-electron chi connectivity index (χ1n) is 9.36. The minimum Gasteiger partial charge on any atom is -0.444 e. The van der Waals surface area contributed by atoms with E-state index < -0.39 is 37.5 Å². The molecule has 1 aromatic rings. The Hall–Kier alpha value is -2.18. The number of ether oxygens (including phenoxy) is 2. The Bertz CT molecular complexity index is 707. The predicted octanol–water partition coefficient (Wildman–Crippen LogP) is 3.66. The Labute approximate surface area is 173 Å². The van der Waals surface area contributed by atoms with Gasteiger partial charge in [-0.1, -0.05) is 12.1 Å². The predicted molar refractivity (Wildman–Crippen MR) is 112 cm³/mol. The van der Waals surface area contributed by atoms with Crippen LogP contribution in [-0.2, 0) is 25.0 Å². The average Bonchev–Trinajstić information content (AvgIpc) is 2.56. The lowest BCUT2D eigenvalue weighted by molar-refractivity contribution is 0.0463. The van der Waals surface area contributed by atoms with Crippen molar-refractivity contribution in [1.29, 1.82) is 0 Å². The lowest BCUT2D eigenvalue weighted by atomic mass is 10.1. The Morgan fingerprint density at radius 3 is 1.97 bits per heavy atom. The van der Waals surface area contributed by atoms with E-state index in [1.54, 1.807) is 65.8 Å². The molecule has 0 heterocycles. The van der Waals surface area contributed by atoms with Crippen LogP contribution in [0, 0.1) is 0 Å². The summed E-state index contributed by atoms with van der Waals surface area (Å²) in [5, 5.41) is 6.02. The van der Waals surface area contributed by atoms with Crippen LogP contribution in [-0.4, -0.2) is 43.1 Å². The molecular formula is C20H32N2O6P+. The SMILES string of the molecule is CO[P+](=O)c1ccc(CC(CNC(=O)OC(C)(C)C)NC(=O)OC(C)(C)C)cc1. The van der Waals surface area contributed by atoms with Gasteiger partial charge in [0.15, 0.2) is 0 Å². The number of alkyl carbamates (subject to hydrolysis) is 2. The number of rotatable bonds is 7. The van der Waals surface area contributed by atoms with Gasteiger partial charge < -0.3 is 20.1 Å². The molecule has 0 saturated heterocycles. The molecule has 1 rings (SSSR count). The summed E-state index contributed by atoms with van der Waals surface area (Å²) in [4.78, 5) is 24.1. The number of hydrogen-bond donors (Lipinski definition) is 2. The van der Waals surface area contributed by atoms with Crippen molar-refractivity contribution in [2.24, 2.45) is 0 Å². The molecule has 0 aromatic heterocycles. The minimum absolute atomic E-state index is 0.155. The van der Waals surface area contributed by atoms with Gasteiger partial charge in [-0.3, -0.25) is 0 Å². The third-order valence-corrected chi connectivity index (χ3v) is 4.46. The van der Waals surface area contributed by atoms with Gasteiger partial charge in [0.05, 0.1) is 13.2 Å². The molecule has 2 N–H and O–H groups in total. The van der Waals surface area contributed by atoms with Crippen molar-refractivity contribution in [3.63, 3.8) is 0 Å². The highest BCUT2D eigenvalue weighted by Gasteiger charge is 2.23. The lowest BCUT2D eigenvalue weighted by Gasteiger charge is -2.25. The van der Waals surface area contributed by atoms with Crippen molar-refractivity contribution in [3.8, 4) is 0 Å². The van der Waals surface area contributed by atoms with Crippen molar-refractivity contribution in [1.82, 2.24) is 10.6 Å². The van der Waals surface area contributed by atoms with Gasteiger partial charge in [0.25, 0.3) is 0 Å². The Morgan fingerprint density at radius 1 is 0.966 bits per heavy atom. The van der Waals surface area contributed by atoms with E-state index in [-0.39, 0.29) is 6.54 Å². The van der Waals surface area contributed by atoms with Crippen molar-refractivity contribution in [2.45, 2.75) is 65.2 Å². The quantitative estimate of drug-likeness (QED) is 0.644. The molecule has 0 bridgehead atoms. The summed E-state index contributed by atoms with van der Waals surface area (Å²) in [7, 11) is -0.493. The van der Waals surface area contributed by atoms with E-state index in [1.165, 1.54) is 7.11 Å². The van der Waals surface area contributed by atoms with Gasteiger partial charge in [-0.05, 0) is 70.2 Å². The van der Waals surface area contributed by atoms with Gasteiger partial charge in [-0.15, -0.1) is 4.52 Å². The lowest BCUT2D eigenvalue weighted by Crippen LogP contribution is -2.47. The van der Waals surface area contributed by atoms with Gasteiger partial charge in [0.2, 0.25) is 5.30 Å². The third kappa shape index (κ3) is 10.8. The molecule has 162 valence electrons. The maximum Gasteiger partial charge on any atom is 0.548 e. The van der Waals surface area contributed by atoms with Crippen LogP contribution in [0.5, 0.6) is 0 Å². The molecular weight excluding hydrogens is 395 g/mol. The van der Waals surface area contributed by atoms with Crippen LogP contribution in [0.15, 0.2) is 24.3 Å². The van der Waals surface area contributed by atoms with E-state index in [0.29, 0.717) is 11.7 Å². The van der Waals surface area contributed by atoms with Crippen LogP contribution in [0.2, 0.25) is 0 Å².